The van der Waals surface area contributed by atoms with Crippen LogP contribution in [0.25, 0.3) is 0 Å². The molecule has 0 amide bonds. The van der Waals surface area contributed by atoms with E-state index in [2.05, 4.69) is 19.9 Å². The Bertz CT molecular complexity index is 856. The summed E-state index contributed by atoms with van der Waals surface area (Å²) < 4.78 is 0. The van der Waals surface area contributed by atoms with Gasteiger partial charge in [0.05, 0.1) is 16.8 Å². The minimum Gasteiger partial charge on any atom is -0.478 e. The molecule has 1 aliphatic rings. The fourth-order valence-corrected chi connectivity index (χ4v) is 3.60. The number of fused-ring (bicyclic) bond motifs is 1. The van der Waals surface area contributed by atoms with Gasteiger partial charge in [-0.15, -0.1) is 0 Å². The van der Waals surface area contributed by atoms with Crippen molar-refractivity contribution in [3.8, 4) is 0 Å². The number of aromatic carboxylic acids is 1. The molecule has 8 heteroatoms. The molecule has 0 fully saturated rings. The zero-order chi connectivity index (χ0) is 17.4. The molecule has 3 N–H and O–H groups in total. The molecule has 2 aromatic rings. The fourth-order valence-electron chi connectivity index (χ4n) is 3.21. The van der Waals surface area contributed by atoms with E-state index in [1.165, 1.54) is 11.8 Å². The SMILES string of the molecule is CSc1nc2c(c(=O)[nH]1)CN(Cc1[nH]c(C)c(C(=O)O)c1C)CC2. The Labute approximate surface area is 143 Å². The van der Waals surface area contributed by atoms with Gasteiger partial charge in [0.2, 0.25) is 0 Å². The van der Waals surface area contributed by atoms with Crippen LogP contribution in [0.1, 0.15) is 38.6 Å². The van der Waals surface area contributed by atoms with E-state index in [4.69, 9.17) is 0 Å². The van der Waals surface area contributed by atoms with Crippen LogP contribution in [0, 0.1) is 13.8 Å². The van der Waals surface area contributed by atoms with Crippen molar-refractivity contribution in [2.45, 2.75) is 38.5 Å². The number of aromatic amines is 2. The van der Waals surface area contributed by atoms with Crippen molar-refractivity contribution in [2.24, 2.45) is 0 Å². The molecule has 0 atom stereocenters. The number of aryl methyl sites for hydroxylation is 1. The van der Waals surface area contributed by atoms with E-state index in [1.807, 2.05) is 13.2 Å². The van der Waals surface area contributed by atoms with Crippen molar-refractivity contribution < 1.29 is 9.90 Å². The Morgan fingerprint density at radius 2 is 2.12 bits per heavy atom. The highest BCUT2D eigenvalue weighted by atomic mass is 32.2. The normalized spacial score (nSPS) is 14.6. The second kappa shape index (κ2) is 6.45. The summed E-state index contributed by atoms with van der Waals surface area (Å²) in [5.74, 6) is -0.915. The fraction of sp³-hybridized carbons (Fsp3) is 0.438. The third-order valence-electron chi connectivity index (χ3n) is 4.46. The maximum absolute atomic E-state index is 12.2. The minimum absolute atomic E-state index is 0.0836. The lowest BCUT2D eigenvalue weighted by atomic mass is 10.1. The highest BCUT2D eigenvalue weighted by Gasteiger charge is 2.24. The van der Waals surface area contributed by atoms with E-state index in [-0.39, 0.29) is 5.56 Å². The second-order valence-electron chi connectivity index (χ2n) is 5.99. The van der Waals surface area contributed by atoms with Gasteiger partial charge in [-0.3, -0.25) is 9.69 Å². The van der Waals surface area contributed by atoms with E-state index < -0.39 is 5.97 Å². The van der Waals surface area contributed by atoms with E-state index in [9.17, 15) is 14.7 Å². The lowest BCUT2D eigenvalue weighted by Crippen LogP contribution is -2.35. The average molecular weight is 348 g/mol. The number of H-pyrrole nitrogens is 2. The Morgan fingerprint density at radius 3 is 2.75 bits per heavy atom. The van der Waals surface area contributed by atoms with Crippen LogP contribution in [-0.2, 0) is 19.5 Å². The molecule has 0 bridgehead atoms. The first kappa shape index (κ1) is 16.8. The smallest absolute Gasteiger partial charge is 0.337 e. The van der Waals surface area contributed by atoms with Crippen molar-refractivity contribution >= 4 is 17.7 Å². The molecule has 0 saturated heterocycles. The third-order valence-corrected chi connectivity index (χ3v) is 5.04. The van der Waals surface area contributed by atoms with E-state index in [0.717, 1.165) is 29.9 Å². The highest BCUT2D eigenvalue weighted by Crippen LogP contribution is 2.22. The minimum atomic E-state index is -0.915. The van der Waals surface area contributed by atoms with Gasteiger partial charge in [-0.25, -0.2) is 9.78 Å². The number of thioether (sulfide) groups is 1. The zero-order valence-electron chi connectivity index (χ0n) is 13.9. The summed E-state index contributed by atoms with van der Waals surface area (Å²) >= 11 is 1.43. The molecule has 0 aliphatic carbocycles. The van der Waals surface area contributed by atoms with E-state index in [0.29, 0.717) is 35.1 Å². The maximum atomic E-state index is 12.2. The first-order valence-electron chi connectivity index (χ1n) is 7.70. The van der Waals surface area contributed by atoms with Crippen LogP contribution < -0.4 is 5.56 Å². The van der Waals surface area contributed by atoms with E-state index >= 15 is 0 Å². The summed E-state index contributed by atoms with van der Waals surface area (Å²) in [6.07, 6.45) is 2.60. The molecular weight excluding hydrogens is 328 g/mol. The molecule has 0 radical (unpaired) electrons. The maximum Gasteiger partial charge on any atom is 0.337 e. The molecule has 7 nitrogen and oxygen atoms in total. The standard InChI is InChI=1S/C16H20N4O3S/c1-8-12(17-9(2)13(8)15(22)23)7-20-5-4-11-10(6-20)14(21)19-16(18-11)24-3/h17H,4-7H2,1-3H3,(H,22,23)(H,18,19,21). The summed E-state index contributed by atoms with van der Waals surface area (Å²) in [5.41, 5.74) is 4.14. The summed E-state index contributed by atoms with van der Waals surface area (Å²) in [6.45, 7) is 5.48. The number of hydrogen-bond donors (Lipinski definition) is 3. The largest absolute Gasteiger partial charge is 0.478 e. The summed E-state index contributed by atoms with van der Waals surface area (Å²) in [7, 11) is 0. The van der Waals surface area contributed by atoms with Crippen LogP contribution >= 0.6 is 11.8 Å². The van der Waals surface area contributed by atoms with Gasteiger partial charge >= 0.3 is 5.97 Å². The predicted molar refractivity (Wildman–Crippen MR) is 91.7 cm³/mol. The molecule has 24 heavy (non-hydrogen) atoms. The zero-order valence-corrected chi connectivity index (χ0v) is 14.7. The number of carbonyl (C=O) groups is 1. The van der Waals surface area contributed by atoms with Gasteiger partial charge in [-0.05, 0) is 25.7 Å². The quantitative estimate of drug-likeness (QED) is 0.574. The van der Waals surface area contributed by atoms with Crippen LogP contribution in [0.5, 0.6) is 0 Å². The van der Waals surface area contributed by atoms with Gasteiger partial charge in [0.15, 0.2) is 5.16 Å². The number of hydrogen-bond acceptors (Lipinski definition) is 5. The van der Waals surface area contributed by atoms with Gasteiger partial charge in [-0.2, -0.15) is 0 Å². The molecule has 128 valence electrons. The third kappa shape index (κ3) is 2.99. The van der Waals surface area contributed by atoms with Crippen LogP contribution in [0.3, 0.4) is 0 Å². The van der Waals surface area contributed by atoms with Crippen LogP contribution in [-0.4, -0.2) is 43.7 Å². The number of nitrogens with zero attached hydrogens (tertiary/aromatic N) is 2. The topological polar surface area (TPSA) is 102 Å². The van der Waals surface area contributed by atoms with Crippen molar-refractivity contribution in [1.29, 1.82) is 0 Å². The lowest BCUT2D eigenvalue weighted by molar-refractivity contribution is 0.0695. The van der Waals surface area contributed by atoms with Gasteiger partial charge in [0, 0.05) is 37.4 Å². The first-order valence-corrected chi connectivity index (χ1v) is 8.93. The van der Waals surface area contributed by atoms with Crippen molar-refractivity contribution in [2.75, 3.05) is 12.8 Å². The van der Waals surface area contributed by atoms with Crippen molar-refractivity contribution in [3.63, 3.8) is 0 Å². The average Bonchev–Trinajstić information content (AvgIpc) is 2.81. The lowest BCUT2D eigenvalue weighted by Gasteiger charge is -2.27. The van der Waals surface area contributed by atoms with Gasteiger partial charge in [0.25, 0.3) is 5.56 Å². The monoisotopic (exact) mass is 348 g/mol. The Balaban J connectivity index is 1.83. The van der Waals surface area contributed by atoms with Gasteiger partial charge in [-0.1, -0.05) is 11.8 Å². The predicted octanol–water partition coefficient (Wildman–Crippen LogP) is 1.69. The Morgan fingerprint density at radius 1 is 1.38 bits per heavy atom. The molecule has 3 rings (SSSR count). The molecule has 0 saturated carbocycles. The molecular formula is C16H20N4O3S. The summed E-state index contributed by atoms with van der Waals surface area (Å²) in [4.78, 5) is 36.2. The highest BCUT2D eigenvalue weighted by molar-refractivity contribution is 7.98. The Kier molecular flexibility index (Phi) is 4.51. The molecule has 0 spiro atoms. The molecule has 3 heterocycles. The number of rotatable bonds is 4. The molecule has 0 unspecified atom stereocenters. The summed E-state index contributed by atoms with van der Waals surface area (Å²) in [5, 5.41) is 9.94. The van der Waals surface area contributed by atoms with Crippen molar-refractivity contribution in [3.05, 3.63) is 44.1 Å². The van der Waals surface area contributed by atoms with Gasteiger partial charge in [0.1, 0.15) is 0 Å². The first-order chi connectivity index (χ1) is 11.4. The van der Waals surface area contributed by atoms with Crippen molar-refractivity contribution in [1.82, 2.24) is 19.9 Å². The number of carboxylic acids is 1. The van der Waals surface area contributed by atoms with Crippen LogP contribution in [0.2, 0.25) is 0 Å². The second-order valence-corrected chi connectivity index (χ2v) is 6.79. The molecule has 1 aliphatic heterocycles. The molecule has 0 aromatic carbocycles. The van der Waals surface area contributed by atoms with Crippen LogP contribution in [0.4, 0.5) is 0 Å². The number of carboxylic acid groups (broad SMARTS) is 1. The molecule has 2 aromatic heterocycles. The Hall–Kier alpha value is -2.06. The number of nitrogens with one attached hydrogen (secondary N) is 2. The number of aromatic nitrogens is 3. The summed E-state index contributed by atoms with van der Waals surface area (Å²) in [6, 6.07) is 0. The van der Waals surface area contributed by atoms with E-state index in [1.54, 1.807) is 6.92 Å². The van der Waals surface area contributed by atoms with Gasteiger partial charge < -0.3 is 15.1 Å². The van der Waals surface area contributed by atoms with Crippen LogP contribution in [0.15, 0.2) is 9.95 Å².